The summed E-state index contributed by atoms with van der Waals surface area (Å²) in [6.45, 7) is 8.72. The Morgan fingerprint density at radius 1 is 0.957 bits per heavy atom. The summed E-state index contributed by atoms with van der Waals surface area (Å²) in [6, 6.07) is 10.7. The quantitative estimate of drug-likeness (QED) is 0.335. The molecule has 0 radical (unpaired) electrons. The minimum absolute atomic E-state index is 0.0130. The van der Waals surface area contributed by atoms with E-state index in [0.717, 1.165) is 36.0 Å². The van der Waals surface area contributed by atoms with Crippen LogP contribution in [-0.4, -0.2) is 76.8 Å². The molecule has 0 aliphatic carbocycles. The maximum Gasteiger partial charge on any atom is 0.407 e. The number of amides is 5. The van der Waals surface area contributed by atoms with E-state index in [4.69, 9.17) is 16.3 Å². The van der Waals surface area contributed by atoms with Gasteiger partial charge in [-0.3, -0.25) is 19.2 Å². The number of fused-ring (bicyclic) bond motifs is 1. The summed E-state index contributed by atoms with van der Waals surface area (Å²) in [7, 11) is 0. The van der Waals surface area contributed by atoms with E-state index in [1.54, 1.807) is 39.0 Å². The van der Waals surface area contributed by atoms with E-state index < -0.39 is 35.6 Å². The van der Waals surface area contributed by atoms with E-state index in [9.17, 15) is 24.0 Å². The Morgan fingerprint density at radius 2 is 1.64 bits per heavy atom. The fourth-order valence-electron chi connectivity index (χ4n) is 5.80. The van der Waals surface area contributed by atoms with Gasteiger partial charge < -0.3 is 30.5 Å². The number of nitrogens with zero attached hydrogens (tertiary/aromatic N) is 2. The Bertz CT molecular complexity index is 1470. The van der Waals surface area contributed by atoms with Gasteiger partial charge in [-0.25, -0.2) is 4.79 Å². The molecular weight excluding hydrogens is 622 g/mol. The fraction of sp³-hybridized carbons (Fsp3) is 0.514. The Balaban J connectivity index is 1.49. The number of carbonyl (C=O) groups excluding carboxylic acids is 5. The first-order chi connectivity index (χ1) is 22.3. The van der Waals surface area contributed by atoms with Crippen LogP contribution in [0.5, 0.6) is 0 Å². The number of anilines is 1. The maximum atomic E-state index is 14.0. The largest absolute Gasteiger partial charge is 0.444 e. The van der Waals surface area contributed by atoms with Gasteiger partial charge in [-0.1, -0.05) is 35.9 Å². The van der Waals surface area contributed by atoms with Gasteiger partial charge in [0.2, 0.25) is 23.6 Å². The molecule has 5 amide bonds. The average molecular weight is 668 g/mol. The first kappa shape index (κ1) is 35.7. The number of nitrogens with one attached hydrogen (secondary N) is 3. The summed E-state index contributed by atoms with van der Waals surface area (Å²) in [6.07, 6.45) is 2.77. The summed E-state index contributed by atoms with van der Waals surface area (Å²) >= 11 is 6.16. The van der Waals surface area contributed by atoms with Gasteiger partial charge in [-0.15, -0.1) is 0 Å². The van der Waals surface area contributed by atoms with E-state index in [2.05, 4.69) is 16.0 Å². The highest BCUT2D eigenvalue weighted by Gasteiger charge is 2.36. The van der Waals surface area contributed by atoms with Gasteiger partial charge in [0.25, 0.3) is 0 Å². The van der Waals surface area contributed by atoms with Crippen LogP contribution in [0.4, 0.5) is 10.5 Å². The highest BCUT2D eigenvalue weighted by atomic mass is 35.5. The van der Waals surface area contributed by atoms with Gasteiger partial charge in [0.1, 0.15) is 17.7 Å². The molecule has 2 aromatic carbocycles. The van der Waals surface area contributed by atoms with Crippen molar-refractivity contribution in [3.63, 3.8) is 0 Å². The van der Waals surface area contributed by atoms with Gasteiger partial charge in [0, 0.05) is 56.2 Å². The predicted molar refractivity (Wildman–Crippen MR) is 180 cm³/mol. The number of aryl methyl sites for hydroxylation is 1. The highest BCUT2D eigenvalue weighted by molar-refractivity contribution is 6.31. The first-order valence-corrected chi connectivity index (χ1v) is 16.7. The van der Waals surface area contributed by atoms with Crippen molar-refractivity contribution in [2.75, 3.05) is 25.0 Å². The number of hydrogen-bond acceptors (Lipinski definition) is 6. The van der Waals surface area contributed by atoms with Gasteiger partial charge in [0.05, 0.1) is 0 Å². The molecular formula is C35H46ClN5O6. The summed E-state index contributed by atoms with van der Waals surface area (Å²) < 4.78 is 5.31. The van der Waals surface area contributed by atoms with Crippen LogP contribution in [0.15, 0.2) is 42.5 Å². The van der Waals surface area contributed by atoms with Gasteiger partial charge in [0.15, 0.2) is 0 Å². The number of alkyl carbamates (subject to hydrolysis) is 1. The molecule has 1 fully saturated rings. The van der Waals surface area contributed by atoms with Crippen LogP contribution in [0.2, 0.25) is 5.02 Å². The second-order valence-electron chi connectivity index (χ2n) is 13.2. The molecule has 2 atom stereocenters. The molecule has 2 heterocycles. The second-order valence-corrected chi connectivity index (χ2v) is 13.6. The third-order valence-electron chi connectivity index (χ3n) is 8.29. The van der Waals surface area contributed by atoms with Crippen LogP contribution in [0.25, 0.3) is 0 Å². The van der Waals surface area contributed by atoms with Gasteiger partial charge in [-0.05, 0) is 88.3 Å². The lowest BCUT2D eigenvalue weighted by molar-refractivity contribution is -0.144. The molecule has 0 saturated carbocycles. The molecule has 254 valence electrons. The van der Waals surface area contributed by atoms with Crippen molar-refractivity contribution < 1.29 is 28.7 Å². The van der Waals surface area contributed by atoms with Crippen molar-refractivity contribution in [1.82, 2.24) is 20.4 Å². The number of carbonyl (C=O) groups is 5. The number of halogens is 1. The lowest BCUT2D eigenvalue weighted by Gasteiger charge is -2.37. The summed E-state index contributed by atoms with van der Waals surface area (Å²) in [5.74, 6) is -1.34. The molecule has 0 spiro atoms. The monoisotopic (exact) mass is 667 g/mol. The van der Waals surface area contributed by atoms with Crippen LogP contribution in [-0.2, 0) is 36.9 Å². The summed E-state index contributed by atoms with van der Waals surface area (Å²) in [4.78, 5) is 69.6. The number of piperidine rings is 1. The summed E-state index contributed by atoms with van der Waals surface area (Å²) in [5.41, 5.74) is 2.43. The minimum atomic E-state index is -1.05. The van der Waals surface area contributed by atoms with E-state index in [1.165, 1.54) is 4.90 Å². The number of benzene rings is 2. The smallest absolute Gasteiger partial charge is 0.407 e. The van der Waals surface area contributed by atoms with E-state index in [0.29, 0.717) is 23.8 Å². The Labute approximate surface area is 281 Å². The third kappa shape index (κ3) is 10.4. The molecule has 12 heteroatoms. The molecule has 3 N–H and O–H groups in total. The molecule has 0 unspecified atom stereocenters. The molecule has 0 aromatic heterocycles. The van der Waals surface area contributed by atoms with Crippen molar-refractivity contribution in [2.24, 2.45) is 0 Å². The zero-order valence-electron chi connectivity index (χ0n) is 27.7. The molecule has 2 aromatic rings. The first-order valence-electron chi connectivity index (χ1n) is 16.3. The van der Waals surface area contributed by atoms with Crippen LogP contribution in [0.1, 0.15) is 76.0 Å². The molecule has 4 rings (SSSR count). The second kappa shape index (κ2) is 16.1. The number of likely N-dealkylation sites (tertiary alicyclic amines) is 1. The van der Waals surface area contributed by atoms with Crippen molar-refractivity contribution in [3.8, 4) is 0 Å². The normalized spacial score (nSPS) is 16.8. The van der Waals surface area contributed by atoms with E-state index >= 15 is 0 Å². The van der Waals surface area contributed by atoms with Gasteiger partial charge in [-0.2, -0.15) is 0 Å². The standard InChI is InChI=1S/C35H46ClN5O6/c1-23-20-26(12-13-27(23)36)38-32(44)28(16-17-37-34(46)47-35(2,3)4)39-33(45)29-21-24-10-6-7-11-25(24)22-41(29)31(43)15-14-30(42)40-18-8-5-9-19-40/h6-7,10-13,20,28-29H,5,8-9,14-19,21-22H2,1-4H3,(H,37,46)(H,38,44)(H,39,45)/t28-,29-/m0/s1. The SMILES string of the molecule is Cc1cc(NC(=O)[C@H](CCNC(=O)OC(C)(C)C)NC(=O)[C@@H]2Cc3ccccc3CN2C(=O)CCC(=O)N2CCCCC2)ccc1Cl. The number of ether oxygens (including phenoxy) is 1. The van der Waals surface area contributed by atoms with Crippen LogP contribution in [0.3, 0.4) is 0 Å². The Kier molecular flexibility index (Phi) is 12.3. The van der Waals surface area contributed by atoms with Crippen LogP contribution < -0.4 is 16.0 Å². The maximum absolute atomic E-state index is 14.0. The average Bonchev–Trinajstić information content (AvgIpc) is 3.03. The Hall–Kier alpha value is -4.12. The van der Waals surface area contributed by atoms with Crippen molar-refractivity contribution in [3.05, 3.63) is 64.2 Å². The lowest BCUT2D eigenvalue weighted by Crippen LogP contribution is -2.56. The molecule has 0 bridgehead atoms. The minimum Gasteiger partial charge on any atom is -0.444 e. The van der Waals surface area contributed by atoms with Crippen molar-refractivity contribution in [2.45, 2.75) is 96.9 Å². The van der Waals surface area contributed by atoms with E-state index in [-0.39, 0.29) is 50.6 Å². The number of rotatable bonds is 10. The van der Waals surface area contributed by atoms with Crippen molar-refractivity contribution in [1.29, 1.82) is 0 Å². The fourth-order valence-corrected chi connectivity index (χ4v) is 5.92. The third-order valence-corrected chi connectivity index (χ3v) is 8.72. The molecule has 11 nitrogen and oxygen atoms in total. The molecule has 47 heavy (non-hydrogen) atoms. The topological polar surface area (TPSA) is 137 Å². The highest BCUT2D eigenvalue weighted by Crippen LogP contribution is 2.25. The molecule has 1 saturated heterocycles. The lowest BCUT2D eigenvalue weighted by atomic mass is 9.92. The van der Waals surface area contributed by atoms with Crippen LogP contribution in [0, 0.1) is 6.92 Å². The van der Waals surface area contributed by atoms with E-state index in [1.807, 2.05) is 36.1 Å². The zero-order chi connectivity index (χ0) is 34.1. The van der Waals surface area contributed by atoms with Gasteiger partial charge >= 0.3 is 6.09 Å². The Morgan fingerprint density at radius 3 is 2.32 bits per heavy atom. The summed E-state index contributed by atoms with van der Waals surface area (Å²) in [5, 5.41) is 8.87. The molecule has 2 aliphatic heterocycles. The number of hydrogen-bond donors (Lipinski definition) is 3. The zero-order valence-corrected chi connectivity index (χ0v) is 28.5. The predicted octanol–water partition coefficient (Wildman–Crippen LogP) is 4.73. The van der Waals surface area contributed by atoms with Crippen molar-refractivity contribution >= 4 is 47.0 Å². The van der Waals surface area contributed by atoms with Crippen LogP contribution >= 0.6 is 11.6 Å². The molecule has 2 aliphatic rings.